The molecule has 0 bridgehead atoms. The van der Waals surface area contributed by atoms with Gasteiger partial charge in [-0.25, -0.2) is 10.0 Å². The number of hydrogen-bond donors (Lipinski definition) is 1. The molecule has 0 saturated carbocycles. The van der Waals surface area contributed by atoms with Crippen LogP contribution in [0.5, 0.6) is 0 Å². The first-order valence-electron chi connectivity index (χ1n) is 12.0. The Bertz CT molecular complexity index is 639. The standard InChI is InChI=1S/C25H43N3O/c1-6-8-10-15-27(16-11-9-7-2)28-19-22(5)25(28)24(29-17-14-26-25)23-13-12-20(3)21(4)18-23/h12-13,18,22,24,26H,6-11,14-17,19H2,1-5H3. The Labute approximate surface area is 179 Å². The van der Waals surface area contributed by atoms with Crippen molar-refractivity contribution in [1.29, 1.82) is 0 Å². The van der Waals surface area contributed by atoms with E-state index in [1.165, 1.54) is 55.2 Å². The number of unbranched alkanes of at least 4 members (excludes halogenated alkanes) is 4. The normalized spacial score (nSPS) is 27.5. The van der Waals surface area contributed by atoms with Gasteiger partial charge in [0.1, 0.15) is 11.8 Å². The van der Waals surface area contributed by atoms with Crippen LogP contribution in [0.2, 0.25) is 0 Å². The van der Waals surface area contributed by atoms with Crippen molar-refractivity contribution >= 4 is 0 Å². The molecular weight excluding hydrogens is 358 g/mol. The number of aryl methyl sites for hydroxylation is 2. The Morgan fingerprint density at radius 1 is 1.07 bits per heavy atom. The maximum atomic E-state index is 6.49. The molecule has 4 heteroatoms. The molecule has 3 unspecified atom stereocenters. The average Bonchev–Trinajstić information content (AvgIpc) is 2.73. The second kappa shape index (κ2) is 10.4. The van der Waals surface area contributed by atoms with Crippen LogP contribution in [-0.2, 0) is 4.74 Å². The highest BCUT2D eigenvalue weighted by molar-refractivity contribution is 5.34. The largest absolute Gasteiger partial charge is 0.369 e. The molecule has 0 aromatic heterocycles. The van der Waals surface area contributed by atoms with E-state index in [1.54, 1.807) is 0 Å². The van der Waals surface area contributed by atoms with E-state index in [0.717, 1.165) is 32.8 Å². The first kappa shape index (κ1) is 22.7. The van der Waals surface area contributed by atoms with Crippen molar-refractivity contribution in [3.05, 3.63) is 34.9 Å². The average molecular weight is 402 g/mol. The molecule has 1 N–H and O–H groups in total. The first-order valence-corrected chi connectivity index (χ1v) is 12.0. The second-order valence-electron chi connectivity index (χ2n) is 9.20. The van der Waals surface area contributed by atoms with Gasteiger partial charge in [0, 0.05) is 32.1 Å². The first-order chi connectivity index (χ1) is 14.0. The lowest BCUT2D eigenvalue weighted by molar-refractivity contribution is -0.286. The van der Waals surface area contributed by atoms with Crippen molar-refractivity contribution in [3.8, 4) is 0 Å². The summed E-state index contributed by atoms with van der Waals surface area (Å²) < 4.78 is 6.49. The summed E-state index contributed by atoms with van der Waals surface area (Å²) in [6, 6.07) is 6.88. The molecule has 1 spiro atoms. The summed E-state index contributed by atoms with van der Waals surface area (Å²) in [6.07, 6.45) is 7.81. The maximum absolute atomic E-state index is 6.49. The van der Waals surface area contributed by atoms with Crippen molar-refractivity contribution in [3.63, 3.8) is 0 Å². The number of nitrogens with zero attached hydrogens (tertiary/aromatic N) is 2. The van der Waals surface area contributed by atoms with Crippen LogP contribution in [0, 0.1) is 19.8 Å². The molecule has 29 heavy (non-hydrogen) atoms. The molecule has 2 fully saturated rings. The third-order valence-electron chi connectivity index (χ3n) is 7.03. The van der Waals surface area contributed by atoms with E-state index in [4.69, 9.17) is 4.74 Å². The van der Waals surface area contributed by atoms with Crippen molar-refractivity contribution in [2.45, 2.75) is 84.9 Å². The summed E-state index contributed by atoms with van der Waals surface area (Å²) in [5, 5.41) is 9.23. The van der Waals surface area contributed by atoms with Crippen LogP contribution in [0.25, 0.3) is 0 Å². The van der Waals surface area contributed by atoms with Crippen molar-refractivity contribution in [2.24, 2.45) is 5.92 Å². The minimum atomic E-state index is -0.113. The maximum Gasteiger partial charge on any atom is 0.119 e. The predicted molar refractivity (Wildman–Crippen MR) is 122 cm³/mol. The summed E-state index contributed by atoms with van der Waals surface area (Å²) in [5.41, 5.74) is 3.91. The summed E-state index contributed by atoms with van der Waals surface area (Å²) in [5.74, 6) is 0.564. The zero-order chi connectivity index (χ0) is 20.9. The molecule has 2 aliphatic rings. The van der Waals surface area contributed by atoms with Crippen LogP contribution >= 0.6 is 0 Å². The molecular formula is C25H43N3O. The summed E-state index contributed by atoms with van der Waals surface area (Å²) >= 11 is 0. The highest BCUT2D eigenvalue weighted by Gasteiger charge is 2.60. The van der Waals surface area contributed by atoms with E-state index >= 15 is 0 Å². The van der Waals surface area contributed by atoms with Crippen LogP contribution in [0.4, 0.5) is 0 Å². The molecule has 2 aliphatic heterocycles. The van der Waals surface area contributed by atoms with Crippen LogP contribution in [0.1, 0.15) is 82.1 Å². The molecule has 0 aliphatic carbocycles. The van der Waals surface area contributed by atoms with Crippen LogP contribution < -0.4 is 5.32 Å². The molecule has 0 radical (unpaired) electrons. The minimum Gasteiger partial charge on any atom is -0.369 e. The summed E-state index contributed by atoms with van der Waals surface area (Å²) in [7, 11) is 0. The summed E-state index contributed by atoms with van der Waals surface area (Å²) in [4.78, 5) is 0. The van der Waals surface area contributed by atoms with Gasteiger partial charge in [-0.05, 0) is 43.4 Å². The van der Waals surface area contributed by atoms with Crippen LogP contribution in [0.3, 0.4) is 0 Å². The van der Waals surface area contributed by atoms with Crippen molar-refractivity contribution in [2.75, 3.05) is 32.8 Å². The van der Waals surface area contributed by atoms with Crippen molar-refractivity contribution < 1.29 is 4.74 Å². The highest BCUT2D eigenvalue weighted by Crippen LogP contribution is 2.48. The van der Waals surface area contributed by atoms with Gasteiger partial charge in [0.25, 0.3) is 0 Å². The number of benzene rings is 1. The molecule has 2 heterocycles. The second-order valence-corrected chi connectivity index (χ2v) is 9.20. The smallest absolute Gasteiger partial charge is 0.119 e. The number of nitrogens with one attached hydrogen (secondary N) is 1. The molecule has 3 rings (SSSR count). The van der Waals surface area contributed by atoms with Gasteiger partial charge in [-0.3, -0.25) is 5.32 Å². The Hall–Kier alpha value is -0.940. The lowest BCUT2D eigenvalue weighted by atomic mass is 9.76. The van der Waals surface area contributed by atoms with Crippen molar-refractivity contribution in [1.82, 2.24) is 15.3 Å². The van der Waals surface area contributed by atoms with E-state index in [1.807, 2.05) is 0 Å². The Kier molecular flexibility index (Phi) is 8.15. The van der Waals surface area contributed by atoms with Crippen LogP contribution in [0.15, 0.2) is 18.2 Å². The fourth-order valence-corrected chi connectivity index (χ4v) is 5.07. The third kappa shape index (κ3) is 4.71. The Morgan fingerprint density at radius 3 is 2.34 bits per heavy atom. The minimum absolute atomic E-state index is 0.0825. The summed E-state index contributed by atoms with van der Waals surface area (Å²) in [6.45, 7) is 16.5. The quantitative estimate of drug-likeness (QED) is 0.545. The molecule has 3 atom stereocenters. The monoisotopic (exact) mass is 401 g/mol. The van der Waals surface area contributed by atoms with E-state index < -0.39 is 0 Å². The van der Waals surface area contributed by atoms with Gasteiger partial charge in [0.05, 0.1) is 6.61 Å². The Morgan fingerprint density at radius 2 is 1.76 bits per heavy atom. The van der Waals surface area contributed by atoms with Gasteiger partial charge in [-0.1, -0.05) is 64.7 Å². The van der Waals surface area contributed by atoms with E-state index in [0.29, 0.717) is 5.92 Å². The number of morpholine rings is 1. The molecule has 0 amide bonds. The van der Waals surface area contributed by atoms with Gasteiger partial charge >= 0.3 is 0 Å². The third-order valence-corrected chi connectivity index (χ3v) is 7.03. The van der Waals surface area contributed by atoms with Gasteiger partial charge < -0.3 is 4.74 Å². The van der Waals surface area contributed by atoms with E-state index in [-0.39, 0.29) is 11.8 Å². The zero-order valence-electron chi connectivity index (χ0n) is 19.5. The fraction of sp³-hybridized carbons (Fsp3) is 0.760. The predicted octanol–water partition coefficient (Wildman–Crippen LogP) is 5.21. The van der Waals surface area contributed by atoms with Gasteiger partial charge in [0.2, 0.25) is 0 Å². The van der Waals surface area contributed by atoms with Crippen LogP contribution in [-0.4, -0.2) is 48.5 Å². The Balaban J connectivity index is 1.85. The zero-order valence-corrected chi connectivity index (χ0v) is 19.5. The number of rotatable bonds is 10. The lowest BCUT2D eigenvalue weighted by Gasteiger charge is -2.65. The van der Waals surface area contributed by atoms with E-state index in [2.05, 4.69) is 68.2 Å². The highest BCUT2D eigenvalue weighted by atomic mass is 16.5. The number of hydrogen-bond acceptors (Lipinski definition) is 4. The fourth-order valence-electron chi connectivity index (χ4n) is 5.07. The molecule has 1 aromatic carbocycles. The number of ether oxygens (including phenoxy) is 1. The molecule has 4 nitrogen and oxygen atoms in total. The van der Waals surface area contributed by atoms with Gasteiger partial charge in [-0.15, -0.1) is 0 Å². The number of hydrazine groups is 1. The van der Waals surface area contributed by atoms with Gasteiger partial charge in [0.15, 0.2) is 0 Å². The van der Waals surface area contributed by atoms with E-state index in [9.17, 15) is 0 Å². The lowest BCUT2D eigenvalue weighted by Crippen LogP contribution is -2.81. The topological polar surface area (TPSA) is 27.7 Å². The molecule has 164 valence electrons. The molecule has 2 saturated heterocycles. The molecule has 1 aromatic rings. The SMILES string of the molecule is CCCCCN(CCCCC)N1CC(C)C12NCCOC2c1ccc(C)c(C)c1. The van der Waals surface area contributed by atoms with Gasteiger partial charge in [-0.2, -0.15) is 0 Å².